The molecule has 0 amide bonds. The van der Waals surface area contributed by atoms with E-state index < -0.39 is 6.10 Å². The highest BCUT2D eigenvalue weighted by molar-refractivity contribution is 6.03. The zero-order valence-corrected chi connectivity index (χ0v) is 9.19. The molecule has 0 fully saturated rings. The maximum Gasteiger partial charge on any atom is 0.195 e. The van der Waals surface area contributed by atoms with E-state index in [1.807, 2.05) is 6.92 Å². The highest BCUT2D eigenvalue weighted by atomic mass is 16.3. The Hall–Kier alpha value is -1.42. The third kappa shape index (κ3) is 2.53. The highest BCUT2D eigenvalue weighted by Gasteiger charge is 2.22. The number of anilines is 1. The van der Waals surface area contributed by atoms with Gasteiger partial charge in [0.1, 0.15) is 11.9 Å². The molecule has 1 rings (SSSR count). The zero-order valence-electron chi connectivity index (χ0n) is 9.19. The second kappa shape index (κ2) is 4.40. The van der Waals surface area contributed by atoms with Gasteiger partial charge in [-0.15, -0.1) is 0 Å². The van der Waals surface area contributed by atoms with Crippen LogP contribution in [0.1, 0.15) is 29.8 Å². The molecule has 0 spiro atoms. The van der Waals surface area contributed by atoms with Crippen molar-refractivity contribution >= 4 is 11.6 Å². The number of pyridine rings is 1. The van der Waals surface area contributed by atoms with E-state index in [9.17, 15) is 9.90 Å². The molecule has 1 unspecified atom stereocenters. The van der Waals surface area contributed by atoms with Gasteiger partial charge in [-0.25, -0.2) is 4.98 Å². The van der Waals surface area contributed by atoms with Gasteiger partial charge in [0.05, 0.1) is 5.56 Å². The van der Waals surface area contributed by atoms with Gasteiger partial charge in [0.2, 0.25) is 0 Å². The molecule has 0 aliphatic heterocycles. The Labute approximate surface area is 89.1 Å². The standard InChI is InChI=1S/C11H16N2O2/c1-6(2)9(14)10(15)8-4-7(3)5-13-11(8)12/h4-6,9,14H,1-3H3,(H2,12,13). The summed E-state index contributed by atoms with van der Waals surface area (Å²) in [5, 5.41) is 9.63. The topological polar surface area (TPSA) is 76.2 Å². The van der Waals surface area contributed by atoms with Crippen molar-refractivity contribution in [2.75, 3.05) is 5.73 Å². The van der Waals surface area contributed by atoms with Crippen LogP contribution in [0.2, 0.25) is 0 Å². The molecule has 1 atom stereocenters. The van der Waals surface area contributed by atoms with Crippen LogP contribution in [0, 0.1) is 12.8 Å². The minimum Gasteiger partial charge on any atom is -0.385 e. The van der Waals surface area contributed by atoms with Gasteiger partial charge in [-0.3, -0.25) is 4.79 Å². The number of nitrogen functional groups attached to an aromatic ring is 1. The van der Waals surface area contributed by atoms with Crippen molar-refractivity contribution in [1.29, 1.82) is 0 Å². The van der Waals surface area contributed by atoms with Gasteiger partial charge < -0.3 is 10.8 Å². The fourth-order valence-electron chi connectivity index (χ4n) is 1.24. The summed E-state index contributed by atoms with van der Waals surface area (Å²) in [6.07, 6.45) is 0.573. The number of nitrogens with zero attached hydrogens (tertiary/aromatic N) is 1. The number of aromatic nitrogens is 1. The summed E-state index contributed by atoms with van der Waals surface area (Å²) >= 11 is 0. The van der Waals surface area contributed by atoms with Gasteiger partial charge in [0.15, 0.2) is 5.78 Å². The third-order valence-electron chi connectivity index (χ3n) is 2.22. The van der Waals surface area contributed by atoms with Crippen LogP contribution in [-0.4, -0.2) is 22.0 Å². The molecular weight excluding hydrogens is 192 g/mol. The molecule has 15 heavy (non-hydrogen) atoms. The van der Waals surface area contributed by atoms with Crippen LogP contribution in [0.4, 0.5) is 5.82 Å². The number of nitrogens with two attached hydrogens (primary N) is 1. The van der Waals surface area contributed by atoms with Crippen LogP contribution in [-0.2, 0) is 0 Å². The normalized spacial score (nSPS) is 12.9. The summed E-state index contributed by atoms with van der Waals surface area (Å²) in [4.78, 5) is 15.7. The number of ketones is 1. The minimum atomic E-state index is -1.02. The Morgan fingerprint density at radius 1 is 1.53 bits per heavy atom. The van der Waals surface area contributed by atoms with Crippen molar-refractivity contribution in [3.63, 3.8) is 0 Å². The number of carbonyl (C=O) groups is 1. The Morgan fingerprint density at radius 3 is 2.67 bits per heavy atom. The molecule has 0 radical (unpaired) electrons. The Bertz CT molecular complexity index is 375. The number of aryl methyl sites for hydroxylation is 1. The molecule has 0 saturated carbocycles. The van der Waals surface area contributed by atoms with E-state index in [1.165, 1.54) is 0 Å². The quantitative estimate of drug-likeness (QED) is 0.731. The van der Waals surface area contributed by atoms with Crippen LogP contribution in [0.5, 0.6) is 0 Å². The summed E-state index contributed by atoms with van der Waals surface area (Å²) in [6.45, 7) is 5.38. The molecule has 1 aromatic rings. The predicted octanol–water partition coefficient (Wildman–Crippen LogP) is 1.17. The first-order chi connectivity index (χ1) is 6.93. The number of aliphatic hydroxyl groups is 1. The molecular formula is C11H16N2O2. The van der Waals surface area contributed by atoms with Crippen LogP contribution in [0.25, 0.3) is 0 Å². The van der Waals surface area contributed by atoms with Crippen LogP contribution < -0.4 is 5.73 Å². The molecule has 0 saturated heterocycles. The third-order valence-corrected chi connectivity index (χ3v) is 2.22. The molecule has 4 nitrogen and oxygen atoms in total. The molecule has 0 aliphatic carbocycles. The predicted molar refractivity (Wildman–Crippen MR) is 58.6 cm³/mol. The van der Waals surface area contributed by atoms with E-state index >= 15 is 0 Å². The van der Waals surface area contributed by atoms with Crippen molar-refractivity contribution in [3.8, 4) is 0 Å². The molecule has 0 aromatic carbocycles. The van der Waals surface area contributed by atoms with Gasteiger partial charge in [-0.1, -0.05) is 13.8 Å². The van der Waals surface area contributed by atoms with Crippen LogP contribution in [0.3, 0.4) is 0 Å². The monoisotopic (exact) mass is 208 g/mol. The first-order valence-corrected chi connectivity index (χ1v) is 4.88. The summed E-state index contributed by atoms with van der Waals surface area (Å²) in [5.41, 5.74) is 6.74. The zero-order chi connectivity index (χ0) is 11.6. The van der Waals surface area contributed by atoms with E-state index in [1.54, 1.807) is 26.1 Å². The van der Waals surface area contributed by atoms with Crippen molar-refractivity contribution in [1.82, 2.24) is 4.98 Å². The molecule has 0 bridgehead atoms. The van der Waals surface area contributed by atoms with Gasteiger partial charge in [0.25, 0.3) is 0 Å². The molecule has 3 N–H and O–H groups in total. The second-order valence-corrected chi connectivity index (χ2v) is 4.00. The van der Waals surface area contributed by atoms with Gasteiger partial charge in [-0.05, 0) is 24.5 Å². The minimum absolute atomic E-state index is 0.127. The number of hydrogen-bond donors (Lipinski definition) is 2. The molecule has 1 heterocycles. The van der Waals surface area contributed by atoms with Crippen LogP contribution in [0.15, 0.2) is 12.3 Å². The second-order valence-electron chi connectivity index (χ2n) is 4.00. The molecule has 0 aliphatic rings. The van der Waals surface area contributed by atoms with Crippen LogP contribution >= 0.6 is 0 Å². The largest absolute Gasteiger partial charge is 0.385 e. The first kappa shape index (κ1) is 11.7. The lowest BCUT2D eigenvalue weighted by Gasteiger charge is -2.14. The lowest BCUT2D eigenvalue weighted by Crippen LogP contribution is -2.27. The Kier molecular flexibility index (Phi) is 3.42. The summed E-state index contributed by atoms with van der Waals surface area (Å²) < 4.78 is 0. The van der Waals surface area contributed by atoms with Crippen molar-refractivity contribution in [2.24, 2.45) is 5.92 Å². The number of rotatable bonds is 3. The lowest BCUT2D eigenvalue weighted by atomic mass is 9.97. The van der Waals surface area contributed by atoms with E-state index in [0.29, 0.717) is 5.56 Å². The lowest BCUT2D eigenvalue weighted by molar-refractivity contribution is 0.0648. The Morgan fingerprint density at radius 2 is 2.13 bits per heavy atom. The summed E-state index contributed by atoms with van der Waals surface area (Å²) in [6, 6.07) is 1.65. The number of Topliss-reactive ketones (excluding diaryl/α,β-unsaturated/α-hetero) is 1. The van der Waals surface area contributed by atoms with Crippen molar-refractivity contribution in [3.05, 3.63) is 23.4 Å². The highest BCUT2D eigenvalue weighted by Crippen LogP contribution is 2.16. The van der Waals surface area contributed by atoms with Gasteiger partial charge in [-0.2, -0.15) is 0 Å². The molecule has 1 aromatic heterocycles. The van der Waals surface area contributed by atoms with Crippen molar-refractivity contribution in [2.45, 2.75) is 26.9 Å². The number of carbonyl (C=O) groups excluding carboxylic acids is 1. The first-order valence-electron chi connectivity index (χ1n) is 4.88. The van der Waals surface area contributed by atoms with E-state index in [2.05, 4.69) is 4.98 Å². The fraction of sp³-hybridized carbons (Fsp3) is 0.455. The van der Waals surface area contributed by atoms with E-state index in [0.717, 1.165) is 5.56 Å². The van der Waals surface area contributed by atoms with Gasteiger partial charge >= 0.3 is 0 Å². The van der Waals surface area contributed by atoms with Crippen molar-refractivity contribution < 1.29 is 9.90 Å². The van der Waals surface area contributed by atoms with E-state index in [4.69, 9.17) is 5.73 Å². The summed E-state index contributed by atoms with van der Waals surface area (Å²) in [5.74, 6) is -0.318. The maximum atomic E-state index is 11.8. The SMILES string of the molecule is Cc1cnc(N)c(C(=O)C(O)C(C)C)c1. The number of aliphatic hydroxyl groups excluding tert-OH is 1. The number of hydrogen-bond acceptors (Lipinski definition) is 4. The maximum absolute atomic E-state index is 11.8. The smallest absolute Gasteiger partial charge is 0.195 e. The Balaban J connectivity index is 3.05. The summed E-state index contributed by atoms with van der Waals surface area (Å²) in [7, 11) is 0. The van der Waals surface area contributed by atoms with Gasteiger partial charge in [0, 0.05) is 6.20 Å². The molecule has 4 heteroatoms. The average molecular weight is 208 g/mol. The van der Waals surface area contributed by atoms with E-state index in [-0.39, 0.29) is 17.5 Å². The molecule has 82 valence electrons. The average Bonchev–Trinajstić information content (AvgIpc) is 2.19. The fourth-order valence-corrected chi connectivity index (χ4v) is 1.24.